The van der Waals surface area contributed by atoms with Crippen LogP contribution in [0.1, 0.15) is 44.5 Å². The van der Waals surface area contributed by atoms with E-state index in [0.717, 1.165) is 28.3 Å². The molecule has 0 saturated heterocycles. The summed E-state index contributed by atoms with van der Waals surface area (Å²) in [5.74, 6) is 0.918. The van der Waals surface area contributed by atoms with E-state index in [1.807, 2.05) is 64.9 Å². The van der Waals surface area contributed by atoms with E-state index in [0.29, 0.717) is 18.2 Å². The standard InChI is InChI=1S/C27H36N4O3S2/c1-19(2)16-31-24(15-28-27(31)36(32,33)18-22-9-7-8-21(5)14-22)17-30(20(3)4)26(35)29-23-10-12-25(34-6)13-11-23/h7-15,19-20H,16-18H2,1-6H3,(H,29,35). The van der Waals surface area contributed by atoms with Gasteiger partial charge in [0.25, 0.3) is 0 Å². The van der Waals surface area contributed by atoms with Crippen molar-refractivity contribution in [1.29, 1.82) is 0 Å². The fourth-order valence-corrected chi connectivity index (χ4v) is 5.83. The number of benzene rings is 2. The molecule has 3 rings (SSSR count). The van der Waals surface area contributed by atoms with Crippen LogP contribution in [0.5, 0.6) is 5.75 Å². The van der Waals surface area contributed by atoms with Gasteiger partial charge in [-0.2, -0.15) is 0 Å². The molecular weight excluding hydrogens is 492 g/mol. The van der Waals surface area contributed by atoms with Crippen LogP contribution in [0.25, 0.3) is 0 Å². The zero-order valence-electron chi connectivity index (χ0n) is 21.9. The molecule has 0 aliphatic rings. The third-order valence-corrected chi connectivity index (χ3v) is 7.66. The highest BCUT2D eigenvalue weighted by Crippen LogP contribution is 2.22. The van der Waals surface area contributed by atoms with Crippen LogP contribution in [0.2, 0.25) is 0 Å². The fourth-order valence-electron chi connectivity index (χ4n) is 3.95. The zero-order chi connectivity index (χ0) is 26.5. The molecule has 0 unspecified atom stereocenters. The number of thiocarbonyl (C=S) groups is 1. The van der Waals surface area contributed by atoms with Gasteiger partial charge in [0.15, 0.2) is 5.11 Å². The molecule has 0 spiro atoms. The van der Waals surface area contributed by atoms with Crippen molar-refractivity contribution >= 4 is 32.9 Å². The van der Waals surface area contributed by atoms with Gasteiger partial charge in [0.1, 0.15) is 5.75 Å². The van der Waals surface area contributed by atoms with Crippen molar-refractivity contribution in [2.75, 3.05) is 12.4 Å². The molecule has 1 N–H and O–H groups in total. The highest BCUT2D eigenvalue weighted by molar-refractivity contribution is 7.90. The Morgan fingerprint density at radius 2 is 1.83 bits per heavy atom. The number of anilines is 1. The Morgan fingerprint density at radius 1 is 1.14 bits per heavy atom. The lowest BCUT2D eigenvalue weighted by Gasteiger charge is -2.30. The van der Waals surface area contributed by atoms with Crippen molar-refractivity contribution in [3.05, 3.63) is 71.5 Å². The molecule has 7 nitrogen and oxygen atoms in total. The molecular formula is C27H36N4O3S2. The van der Waals surface area contributed by atoms with Crippen LogP contribution < -0.4 is 10.1 Å². The van der Waals surface area contributed by atoms with Crippen LogP contribution in [0.4, 0.5) is 5.69 Å². The lowest BCUT2D eigenvalue weighted by Crippen LogP contribution is -2.40. The molecule has 1 heterocycles. The van der Waals surface area contributed by atoms with E-state index in [4.69, 9.17) is 17.0 Å². The highest BCUT2D eigenvalue weighted by Gasteiger charge is 2.26. The first-order valence-electron chi connectivity index (χ1n) is 12.0. The van der Waals surface area contributed by atoms with E-state index in [1.54, 1.807) is 13.3 Å². The Balaban J connectivity index is 1.88. The predicted octanol–water partition coefficient (Wildman–Crippen LogP) is 5.44. The first kappa shape index (κ1) is 27.7. The van der Waals surface area contributed by atoms with Crippen LogP contribution in [0.3, 0.4) is 0 Å². The molecule has 0 aliphatic carbocycles. The second-order valence-corrected chi connectivity index (χ2v) is 11.9. The van der Waals surface area contributed by atoms with Gasteiger partial charge in [0, 0.05) is 18.3 Å². The lowest BCUT2D eigenvalue weighted by molar-refractivity contribution is 0.331. The summed E-state index contributed by atoms with van der Waals surface area (Å²) in [5, 5.41) is 3.94. The monoisotopic (exact) mass is 528 g/mol. The molecule has 2 aromatic carbocycles. The molecule has 0 radical (unpaired) electrons. The van der Waals surface area contributed by atoms with Gasteiger partial charge < -0.3 is 19.5 Å². The Morgan fingerprint density at radius 3 is 2.42 bits per heavy atom. The van der Waals surface area contributed by atoms with Crippen molar-refractivity contribution in [2.24, 2.45) is 5.92 Å². The van der Waals surface area contributed by atoms with Gasteiger partial charge >= 0.3 is 0 Å². The summed E-state index contributed by atoms with van der Waals surface area (Å²) in [7, 11) is -2.02. The number of hydrogen-bond acceptors (Lipinski definition) is 5. The van der Waals surface area contributed by atoms with Gasteiger partial charge in [-0.1, -0.05) is 43.7 Å². The summed E-state index contributed by atoms with van der Waals surface area (Å²) in [6.45, 7) is 11.2. The number of aryl methyl sites for hydroxylation is 1. The number of rotatable bonds is 10. The minimum Gasteiger partial charge on any atom is -0.497 e. The second kappa shape index (κ2) is 11.9. The van der Waals surface area contributed by atoms with E-state index in [2.05, 4.69) is 38.0 Å². The van der Waals surface area contributed by atoms with Crippen LogP contribution in [0, 0.1) is 12.8 Å². The normalized spacial score (nSPS) is 11.7. The SMILES string of the molecule is COc1ccc(NC(=S)N(Cc2cnc(S(=O)(=O)Cc3cccc(C)c3)n2CC(C)C)C(C)C)cc1. The first-order chi connectivity index (χ1) is 17.0. The average Bonchev–Trinajstić information content (AvgIpc) is 3.19. The summed E-state index contributed by atoms with van der Waals surface area (Å²) < 4.78 is 33.9. The number of methoxy groups -OCH3 is 1. The summed E-state index contributed by atoms with van der Waals surface area (Å²) in [6.07, 6.45) is 1.66. The van der Waals surface area contributed by atoms with Crippen molar-refractivity contribution in [1.82, 2.24) is 14.5 Å². The van der Waals surface area contributed by atoms with Gasteiger partial charge in [-0.05, 0) is 68.7 Å². The van der Waals surface area contributed by atoms with Crippen LogP contribution in [0.15, 0.2) is 59.9 Å². The maximum atomic E-state index is 13.4. The van der Waals surface area contributed by atoms with E-state index >= 15 is 0 Å². The maximum Gasteiger partial charge on any atom is 0.228 e. The van der Waals surface area contributed by atoms with Gasteiger partial charge in [0.2, 0.25) is 15.0 Å². The second-order valence-electron chi connectivity index (χ2n) is 9.67. The predicted molar refractivity (Wildman–Crippen MR) is 149 cm³/mol. The third kappa shape index (κ3) is 7.07. The molecule has 0 bridgehead atoms. The molecule has 0 aliphatic heterocycles. The molecule has 1 aromatic heterocycles. The van der Waals surface area contributed by atoms with Crippen molar-refractivity contribution in [3.63, 3.8) is 0 Å². The maximum absolute atomic E-state index is 13.4. The van der Waals surface area contributed by atoms with E-state index in [-0.39, 0.29) is 22.9 Å². The molecule has 0 fully saturated rings. The number of hydrogen-bond donors (Lipinski definition) is 1. The average molecular weight is 529 g/mol. The van der Waals surface area contributed by atoms with Crippen molar-refractivity contribution in [3.8, 4) is 5.75 Å². The molecule has 9 heteroatoms. The topological polar surface area (TPSA) is 76.5 Å². The third-order valence-electron chi connectivity index (χ3n) is 5.72. The summed E-state index contributed by atoms with van der Waals surface area (Å²) in [4.78, 5) is 6.44. The van der Waals surface area contributed by atoms with Crippen molar-refractivity contribution in [2.45, 2.75) is 64.7 Å². The number of imidazole rings is 1. The molecule has 36 heavy (non-hydrogen) atoms. The number of nitrogens with one attached hydrogen (secondary N) is 1. The van der Waals surface area contributed by atoms with Crippen LogP contribution in [-0.4, -0.2) is 41.1 Å². The summed E-state index contributed by atoms with van der Waals surface area (Å²) >= 11 is 5.74. The van der Waals surface area contributed by atoms with Crippen LogP contribution >= 0.6 is 12.2 Å². The minimum absolute atomic E-state index is 0.0815. The molecule has 0 amide bonds. The quantitative estimate of drug-likeness (QED) is 0.351. The van der Waals surface area contributed by atoms with Crippen LogP contribution in [-0.2, 0) is 28.7 Å². The highest BCUT2D eigenvalue weighted by atomic mass is 32.2. The number of aromatic nitrogens is 2. The van der Waals surface area contributed by atoms with Gasteiger partial charge in [-0.3, -0.25) is 0 Å². The Bertz CT molecular complexity index is 1280. The van der Waals surface area contributed by atoms with Gasteiger partial charge in [-0.15, -0.1) is 0 Å². The lowest BCUT2D eigenvalue weighted by atomic mass is 10.2. The summed E-state index contributed by atoms with van der Waals surface area (Å²) in [6, 6.07) is 15.2. The molecule has 194 valence electrons. The molecule has 0 atom stereocenters. The summed E-state index contributed by atoms with van der Waals surface area (Å²) in [5.41, 5.74) is 3.44. The smallest absolute Gasteiger partial charge is 0.228 e. The zero-order valence-corrected chi connectivity index (χ0v) is 23.5. The number of sulfone groups is 1. The van der Waals surface area contributed by atoms with Crippen molar-refractivity contribution < 1.29 is 13.2 Å². The van der Waals surface area contributed by atoms with Gasteiger partial charge in [0.05, 0.1) is 31.3 Å². The van der Waals surface area contributed by atoms with E-state index in [1.165, 1.54) is 0 Å². The molecule has 0 saturated carbocycles. The number of nitrogens with zero attached hydrogens (tertiary/aromatic N) is 3. The largest absolute Gasteiger partial charge is 0.497 e. The van der Waals surface area contributed by atoms with Gasteiger partial charge in [-0.25, -0.2) is 13.4 Å². The van der Waals surface area contributed by atoms with E-state index in [9.17, 15) is 8.42 Å². The Labute approximate surface area is 220 Å². The minimum atomic E-state index is -3.64. The van der Waals surface area contributed by atoms with E-state index < -0.39 is 9.84 Å². The number of ether oxygens (including phenoxy) is 1. The first-order valence-corrected chi connectivity index (χ1v) is 14.1. The Hall–Kier alpha value is -2.91. The fraction of sp³-hybridized carbons (Fsp3) is 0.407. The molecule has 3 aromatic rings. The Kier molecular flexibility index (Phi) is 9.13.